The van der Waals surface area contributed by atoms with Gasteiger partial charge < -0.3 is 10.6 Å². The van der Waals surface area contributed by atoms with E-state index in [4.69, 9.17) is 11.1 Å². The quantitative estimate of drug-likeness (QED) is 0.573. The molecule has 1 atom stereocenters. The molecule has 0 amide bonds. The third kappa shape index (κ3) is 4.43. The van der Waals surface area contributed by atoms with Gasteiger partial charge in [-0.2, -0.15) is 11.8 Å². The van der Waals surface area contributed by atoms with E-state index in [9.17, 15) is 0 Å². The molecule has 0 aromatic rings. The summed E-state index contributed by atoms with van der Waals surface area (Å²) in [5.41, 5.74) is 5.50. The lowest BCUT2D eigenvalue weighted by Gasteiger charge is -2.24. The molecule has 1 aliphatic rings. The molecule has 1 rings (SSSR count). The molecule has 0 spiro atoms. The number of amidine groups is 1. The second-order valence-electron chi connectivity index (χ2n) is 5.02. The van der Waals surface area contributed by atoms with Crippen LogP contribution in [0.5, 0.6) is 0 Å². The van der Waals surface area contributed by atoms with Gasteiger partial charge in [0.1, 0.15) is 0 Å². The number of hydrogen-bond acceptors (Lipinski definition) is 3. The first-order valence-corrected chi connectivity index (χ1v) is 6.59. The number of nitrogens with one attached hydrogen (secondary N) is 1. The predicted octanol–water partition coefficient (Wildman–Crippen LogP) is 1.78. The highest BCUT2D eigenvalue weighted by atomic mass is 32.2. The van der Waals surface area contributed by atoms with Crippen molar-refractivity contribution in [1.29, 1.82) is 5.41 Å². The highest BCUT2D eigenvalue weighted by molar-refractivity contribution is 8.00. The fourth-order valence-corrected chi connectivity index (χ4v) is 2.87. The van der Waals surface area contributed by atoms with Crippen LogP contribution in [0.15, 0.2) is 0 Å². The van der Waals surface area contributed by atoms with Crippen LogP contribution in [0.3, 0.4) is 0 Å². The topological polar surface area (TPSA) is 53.1 Å². The highest BCUT2D eigenvalue weighted by Gasteiger charge is 2.24. The lowest BCUT2D eigenvalue weighted by molar-refractivity contribution is 0.268. The van der Waals surface area contributed by atoms with Gasteiger partial charge in [-0.15, -0.1) is 0 Å². The van der Waals surface area contributed by atoms with Crippen LogP contribution < -0.4 is 5.73 Å². The Bertz CT molecular complexity index is 228. The van der Waals surface area contributed by atoms with E-state index in [2.05, 4.69) is 30.5 Å². The Morgan fingerprint density at radius 1 is 1.53 bits per heavy atom. The molecular formula is C11H23N3S. The van der Waals surface area contributed by atoms with E-state index in [-0.39, 0.29) is 5.92 Å². The number of nitrogens with two attached hydrogens (primary N) is 1. The monoisotopic (exact) mass is 229 g/mol. The summed E-state index contributed by atoms with van der Waals surface area (Å²) in [5, 5.41) is 7.40. The molecule has 1 fully saturated rings. The predicted molar refractivity (Wildman–Crippen MR) is 68.7 cm³/mol. The van der Waals surface area contributed by atoms with Gasteiger partial charge in [0, 0.05) is 29.5 Å². The largest absolute Gasteiger partial charge is 0.387 e. The molecule has 0 bridgehead atoms. The third-order valence-corrected chi connectivity index (χ3v) is 4.37. The first kappa shape index (κ1) is 12.8. The molecule has 0 radical (unpaired) electrons. The number of thioether (sulfide) groups is 1. The maximum Gasteiger partial charge on any atom is 0.0947 e. The first-order valence-electron chi connectivity index (χ1n) is 5.61. The fourth-order valence-electron chi connectivity index (χ4n) is 1.73. The van der Waals surface area contributed by atoms with Crippen LogP contribution in [-0.4, -0.2) is 40.9 Å². The Hall–Kier alpha value is -0.220. The third-order valence-electron chi connectivity index (χ3n) is 2.99. The van der Waals surface area contributed by atoms with Crippen molar-refractivity contribution in [2.75, 3.05) is 25.4 Å². The summed E-state index contributed by atoms with van der Waals surface area (Å²) in [6.45, 7) is 9.87. The zero-order chi connectivity index (χ0) is 11.5. The molecule has 4 heteroatoms. The molecule has 1 unspecified atom stereocenters. The Kier molecular flexibility index (Phi) is 4.46. The standard InChI is InChI=1S/C11H23N3S/c1-9(10(12)13)8-14-5-4-11(2,3)15-7-6-14/h9H,4-8H2,1-3H3,(H3,12,13). The average molecular weight is 229 g/mol. The summed E-state index contributed by atoms with van der Waals surface area (Å²) in [7, 11) is 0. The first-order chi connectivity index (χ1) is 6.91. The minimum Gasteiger partial charge on any atom is -0.387 e. The molecule has 1 saturated heterocycles. The van der Waals surface area contributed by atoms with Gasteiger partial charge in [-0.3, -0.25) is 5.41 Å². The number of nitrogens with zero attached hydrogens (tertiary/aromatic N) is 1. The van der Waals surface area contributed by atoms with E-state index >= 15 is 0 Å². The lowest BCUT2D eigenvalue weighted by atomic mass is 10.1. The summed E-state index contributed by atoms with van der Waals surface area (Å²) in [4.78, 5) is 2.44. The highest BCUT2D eigenvalue weighted by Crippen LogP contribution is 2.30. The summed E-state index contributed by atoms with van der Waals surface area (Å²) < 4.78 is 0.411. The maximum atomic E-state index is 7.40. The van der Waals surface area contributed by atoms with Crippen molar-refractivity contribution in [2.45, 2.75) is 31.9 Å². The molecule has 0 aromatic carbocycles. The molecule has 15 heavy (non-hydrogen) atoms. The zero-order valence-corrected chi connectivity index (χ0v) is 10.9. The van der Waals surface area contributed by atoms with Crippen molar-refractivity contribution in [3.05, 3.63) is 0 Å². The molecule has 88 valence electrons. The Labute approximate surface area is 97.3 Å². The Morgan fingerprint density at radius 2 is 2.20 bits per heavy atom. The smallest absolute Gasteiger partial charge is 0.0947 e. The van der Waals surface area contributed by atoms with Crippen molar-refractivity contribution in [3.63, 3.8) is 0 Å². The Balaban J connectivity index is 2.41. The molecular weight excluding hydrogens is 206 g/mol. The second kappa shape index (κ2) is 5.21. The van der Waals surface area contributed by atoms with E-state index in [1.54, 1.807) is 0 Å². The van der Waals surface area contributed by atoms with Gasteiger partial charge in [0.2, 0.25) is 0 Å². The van der Waals surface area contributed by atoms with Gasteiger partial charge in [-0.05, 0) is 13.0 Å². The number of rotatable bonds is 3. The fraction of sp³-hybridized carbons (Fsp3) is 0.909. The van der Waals surface area contributed by atoms with Crippen LogP contribution >= 0.6 is 11.8 Å². The maximum absolute atomic E-state index is 7.40. The Morgan fingerprint density at radius 3 is 2.80 bits per heavy atom. The van der Waals surface area contributed by atoms with Gasteiger partial charge in [-0.1, -0.05) is 20.8 Å². The minimum atomic E-state index is 0.191. The summed E-state index contributed by atoms with van der Waals surface area (Å²) in [6, 6.07) is 0. The molecule has 3 N–H and O–H groups in total. The number of hydrogen-bond donors (Lipinski definition) is 2. The van der Waals surface area contributed by atoms with Crippen molar-refractivity contribution in [1.82, 2.24) is 4.90 Å². The van der Waals surface area contributed by atoms with Crippen LogP contribution in [-0.2, 0) is 0 Å². The molecule has 0 aliphatic carbocycles. The lowest BCUT2D eigenvalue weighted by Crippen LogP contribution is -2.36. The second-order valence-corrected chi connectivity index (χ2v) is 6.82. The molecule has 0 saturated carbocycles. The zero-order valence-electron chi connectivity index (χ0n) is 10.0. The van der Waals surface area contributed by atoms with Crippen LogP contribution in [0.4, 0.5) is 0 Å². The van der Waals surface area contributed by atoms with Crippen molar-refractivity contribution >= 4 is 17.6 Å². The summed E-state index contributed by atoms with van der Waals surface area (Å²) >= 11 is 2.05. The molecule has 1 heterocycles. The summed E-state index contributed by atoms with van der Waals surface area (Å²) in [6.07, 6.45) is 1.22. The molecule has 0 aromatic heterocycles. The van der Waals surface area contributed by atoms with Crippen LogP contribution in [0.25, 0.3) is 0 Å². The SMILES string of the molecule is CC(CN1CCSC(C)(C)CC1)C(=N)N. The van der Waals surface area contributed by atoms with E-state index in [1.807, 2.05) is 6.92 Å². The van der Waals surface area contributed by atoms with Crippen LogP contribution in [0.1, 0.15) is 27.2 Å². The van der Waals surface area contributed by atoms with Crippen molar-refractivity contribution in [2.24, 2.45) is 11.7 Å². The molecule has 1 aliphatic heterocycles. The normalized spacial score (nSPS) is 24.5. The van der Waals surface area contributed by atoms with Gasteiger partial charge in [0.05, 0.1) is 5.84 Å². The average Bonchev–Trinajstić information content (AvgIpc) is 2.28. The van der Waals surface area contributed by atoms with E-state index in [0.29, 0.717) is 10.6 Å². The van der Waals surface area contributed by atoms with E-state index in [1.165, 1.54) is 12.2 Å². The molecule has 3 nitrogen and oxygen atoms in total. The minimum absolute atomic E-state index is 0.191. The van der Waals surface area contributed by atoms with Gasteiger partial charge >= 0.3 is 0 Å². The summed E-state index contributed by atoms with van der Waals surface area (Å²) in [5.74, 6) is 1.69. The van der Waals surface area contributed by atoms with Gasteiger partial charge in [0.15, 0.2) is 0 Å². The van der Waals surface area contributed by atoms with E-state index < -0.39 is 0 Å². The van der Waals surface area contributed by atoms with Gasteiger partial charge in [0.25, 0.3) is 0 Å². The van der Waals surface area contributed by atoms with Crippen LogP contribution in [0, 0.1) is 11.3 Å². The van der Waals surface area contributed by atoms with E-state index in [0.717, 1.165) is 19.6 Å². The van der Waals surface area contributed by atoms with Crippen molar-refractivity contribution in [3.8, 4) is 0 Å². The van der Waals surface area contributed by atoms with Gasteiger partial charge in [-0.25, -0.2) is 0 Å². The van der Waals surface area contributed by atoms with Crippen LogP contribution in [0.2, 0.25) is 0 Å². The van der Waals surface area contributed by atoms with Crippen molar-refractivity contribution < 1.29 is 0 Å².